The third kappa shape index (κ3) is 3.94. The minimum atomic E-state index is -0.373. The molecule has 30 heavy (non-hydrogen) atoms. The van der Waals surface area contributed by atoms with Gasteiger partial charge in [0.15, 0.2) is 11.5 Å². The molecule has 0 spiro atoms. The fourth-order valence-corrected chi connectivity index (χ4v) is 2.64. The average molecular weight is 409 g/mol. The van der Waals surface area contributed by atoms with Crippen LogP contribution in [-0.4, -0.2) is 38.2 Å². The number of nitrogens with two attached hydrogens (primary N) is 1. The molecule has 0 aliphatic heterocycles. The Labute approximate surface area is 169 Å². The minimum absolute atomic E-state index is 0.0358. The Morgan fingerprint density at radius 1 is 1.20 bits per heavy atom. The van der Waals surface area contributed by atoms with Gasteiger partial charge in [-0.15, -0.1) is 5.10 Å². The van der Waals surface area contributed by atoms with Crippen LogP contribution in [0.2, 0.25) is 0 Å². The number of nitrogens with one attached hydrogen (secondary N) is 1. The van der Waals surface area contributed by atoms with Gasteiger partial charge in [0.25, 0.3) is 5.89 Å². The lowest BCUT2D eigenvalue weighted by molar-refractivity contribution is -0.116. The normalized spacial score (nSPS) is 10.7. The van der Waals surface area contributed by atoms with Gasteiger partial charge in [-0.3, -0.25) is 4.79 Å². The van der Waals surface area contributed by atoms with Crippen molar-refractivity contribution in [3.05, 3.63) is 54.3 Å². The summed E-state index contributed by atoms with van der Waals surface area (Å²) in [5.41, 5.74) is 7.36. The van der Waals surface area contributed by atoms with Crippen LogP contribution >= 0.6 is 0 Å². The molecule has 0 saturated heterocycles. The minimum Gasteiger partial charge on any atom is -0.497 e. The molecule has 0 aliphatic carbocycles. The number of rotatable bonds is 6. The lowest BCUT2D eigenvalue weighted by Crippen LogP contribution is -2.20. The highest BCUT2D eigenvalue weighted by Gasteiger charge is 2.20. The van der Waals surface area contributed by atoms with Crippen molar-refractivity contribution in [3.63, 3.8) is 0 Å². The molecule has 0 unspecified atom stereocenters. The number of carbonyl (C=O) groups excluding carboxylic acids is 1. The van der Waals surface area contributed by atoms with E-state index in [0.717, 1.165) is 0 Å². The smallest absolute Gasteiger partial charge is 0.282 e. The maximum absolute atomic E-state index is 13.1. The zero-order chi connectivity index (χ0) is 21.1. The molecular formula is C19H16FN7O3. The molecule has 0 aliphatic rings. The van der Waals surface area contributed by atoms with E-state index < -0.39 is 0 Å². The van der Waals surface area contributed by atoms with Gasteiger partial charge in [-0.1, -0.05) is 10.4 Å². The van der Waals surface area contributed by atoms with Gasteiger partial charge in [-0.25, -0.2) is 9.07 Å². The number of anilines is 2. The Bertz CT molecular complexity index is 1170. The number of hydrogen-bond donors (Lipinski definition) is 2. The topological polar surface area (TPSA) is 134 Å². The molecule has 0 bridgehead atoms. The third-order valence-corrected chi connectivity index (χ3v) is 4.17. The lowest BCUT2D eigenvalue weighted by atomic mass is 10.2. The van der Waals surface area contributed by atoms with Gasteiger partial charge in [-0.05, 0) is 48.5 Å². The molecule has 1 amide bonds. The number of nitrogen functional groups attached to an aromatic ring is 1. The summed E-state index contributed by atoms with van der Waals surface area (Å²) < 4.78 is 24.5. The van der Waals surface area contributed by atoms with E-state index >= 15 is 0 Å². The molecule has 4 rings (SSSR count). The van der Waals surface area contributed by atoms with E-state index in [-0.39, 0.29) is 41.5 Å². The molecule has 152 valence electrons. The van der Waals surface area contributed by atoms with Crippen molar-refractivity contribution in [2.75, 3.05) is 18.2 Å². The standard InChI is InChI=1S/C19H16FN7O3/c1-29-14-8-6-13(7-9-14)22-15(28)10-27-17(21)16(24-26-27)19-23-18(25-30-19)11-2-4-12(20)5-3-11/h2-9H,10,21H2,1H3,(H,22,28). The molecule has 2 aromatic carbocycles. The van der Waals surface area contributed by atoms with Crippen LogP contribution in [0.4, 0.5) is 15.9 Å². The van der Waals surface area contributed by atoms with Crippen molar-refractivity contribution >= 4 is 17.4 Å². The van der Waals surface area contributed by atoms with Crippen LogP contribution in [0, 0.1) is 5.82 Å². The summed E-state index contributed by atoms with van der Waals surface area (Å²) in [6.07, 6.45) is 0. The van der Waals surface area contributed by atoms with Crippen LogP contribution in [0.3, 0.4) is 0 Å². The first-order valence-corrected chi connectivity index (χ1v) is 8.76. The first-order valence-electron chi connectivity index (χ1n) is 8.76. The van der Waals surface area contributed by atoms with E-state index in [0.29, 0.717) is 17.0 Å². The molecular weight excluding hydrogens is 393 g/mol. The van der Waals surface area contributed by atoms with Crippen LogP contribution in [0.15, 0.2) is 53.1 Å². The maximum Gasteiger partial charge on any atom is 0.282 e. The number of carbonyl (C=O) groups is 1. The number of benzene rings is 2. The molecule has 0 radical (unpaired) electrons. The summed E-state index contributed by atoms with van der Waals surface area (Å²) in [5.74, 6) is 0.333. The second kappa shape index (κ2) is 7.99. The van der Waals surface area contributed by atoms with Gasteiger partial charge in [0.2, 0.25) is 11.7 Å². The molecule has 11 heteroatoms. The van der Waals surface area contributed by atoms with E-state index in [2.05, 4.69) is 25.8 Å². The van der Waals surface area contributed by atoms with Crippen molar-refractivity contribution in [1.29, 1.82) is 0 Å². The van der Waals surface area contributed by atoms with Crippen molar-refractivity contribution < 1.29 is 18.4 Å². The summed E-state index contributed by atoms with van der Waals surface area (Å²) >= 11 is 0. The van der Waals surface area contributed by atoms with E-state index in [1.54, 1.807) is 31.4 Å². The lowest BCUT2D eigenvalue weighted by Gasteiger charge is -2.07. The average Bonchev–Trinajstić information content (AvgIpc) is 3.36. The Morgan fingerprint density at radius 3 is 2.63 bits per heavy atom. The largest absolute Gasteiger partial charge is 0.497 e. The van der Waals surface area contributed by atoms with Gasteiger partial charge in [0.1, 0.15) is 18.1 Å². The highest BCUT2D eigenvalue weighted by molar-refractivity contribution is 5.90. The molecule has 0 saturated carbocycles. The number of ether oxygens (including phenoxy) is 1. The second-order valence-corrected chi connectivity index (χ2v) is 6.19. The Morgan fingerprint density at radius 2 is 1.93 bits per heavy atom. The molecule has 2 aromatic heterocycles. The van der Waals surface area contributed by atoms with Crippen molar-refractivity contribution in [2.24, 2.45) is 0 Å². The molecule has 0 atom stereocenters. The zero-order valence-corrected chi connectivity index (χ0v) is 15.7. The highest BCUT2D eigenvalue weighted by atomic mass is 19.1. The predicted octanol–water partition coefficient (Wildman–Crippen LogP) is 2.36. The van der Waals surface area contributed by atoms with E-state index in [1.807, 2.05) is 0 Å². The van der Waals surface area contributed by atoms with Crippen molar-refractivity contribution in [3.8, 4) is 28.7 Å². The van der Waals surface area contributed by atoms with Gasteiger partial charge < -0.3 is 20.3 Å². The number of aromatic nitrogens is 5. The number of amides is 1. The number of methoxy groups -OCH3 is 1. The van der Waals surface area contributed by atoms with Gasteiger partial charge in [-0.2, -0.15) is 4.98 Å². The monoisotopic (exact) mass is 409 g/mol. The fraction of sp³-hybridized carbons (Fsp3) is 0.105. The Kier molecular flexibility index (Phi) is 5.08. The summed E-state index contributed by atoms with van der Waals surface area (Å²) in [4.78, 5) is 16.5. The SMILES string of the molecule is COc1ccc(NC(=O)Cn2nnc(-c3nc(-c4ccc(F)cc4)no3)c2N)cc1. The Balaban J connectivity index is 1.47. The zero-order valence-electron chi connectivity index (χ0n) is 15.7. The fourth-order valence-electron chi connectivity index (χ4n) is 2.64. The summed E-state index contributed by atoms with van der Waals surface area (Å²) in [5, 5.41) is 14.4. The number of halogens is 1. The Hall–Kier alpha value is -4.28. The van der Waals surface area contributed by atoms with E-state index in [4.69, 9.17) is 15.0 Å². The quantitative estimate of drug-likeness (QED) is 0.496. The van der Waals surface area contributed by atoms with E-state index in [9.17, 15) is 9.18 Å². The molecule has 3 N–H and O–H groups in total. The van der Waals surface area contributed by atoms with Crippen LogP contribution in [0.25, 0.3) is 23.0 Å². The van der Waals surface area contributed by atoms with Gasteiger partial charge in [0.05, 0.1) is 7.11 Å². The first-order chi connectivity index (χ1) is 14.5. The summed E-state index contributed by atoms with van der Waals surface area (Å²) in [6.45, 7) is -0.163. The number of hydrogen-bond acceptors (Lipinski definition) is 8. The predicted molar refractivity (Wildman–Crippen MR) is 105 cm³/mol. The van der Waals surface area contributed by atoms with Crippen molar-refractivity contribution in [2.45, 2.75) is 6.54 Å². The van der Waals surface area contributed by atoms with Crippen LogP contribution in [0.5, 0.6) is 5.75 Å². The number of nitrogens with zero attached hydrogens (tertiary/aromatic N) is 5. The third-order valence-electron chi connectivity index (χ3n) is 4.17. The summed E-state index contributed by atoms with van der Waals surface area (Å²) in [7, 11) is 1.56. The van der Waals surface area contributed by atoms with Crippen LogP contribution in [0.1, 0.15) is 0 Å². The maximum atomic E-state index is 13.1. The molecule has 2 heterocycles. The second-order valence-electron chi connectivity index (χ2n) is 6.19. The molecule has 0 fully saturated rings. The first kappa shape index (κ1) is 19.1. The molecule has 4 aromatic rings. The van der Waals surface area contributed by atoms with Crippen LogP contribution in [-0.2, 0) is 11.3 Å². The summed E-state index contributed by atoms with van der Waals surface area (Å²) in [6, 6.07) is 12.5. The van der Waals surface area contributed by atoms with E-state index in [1.165, 1.54) is 28.9 Å². The molecule has 10 nitrogen and oxygen atoms in total. The van der Waals surface area contributed by atoms with Crippen LogP contribution < -0.4 is 15.8 Å². The van der Waals surface area contributed by atoms with Crippen molar-refractivity contribution in [1.82, 2.24) is 25.1 Å². The highest BCUT2D eigenvalue weighted by Crippen LogP contribution is 2.25. The van der Waals surface area contributed by atoms with Gasteiger partial charge in [0, 0.05) is 11.3 Å². The van der Waals surface area contributed by atoms with Gasteiger partial charge >= 0.3 is 0 Å².